The SMILES string of the molecule is Cc1cc(C)cc(NC(N)=NCCN2CCCC(C)C2)c1.I. The number of benzene rings is 1. The Balaban J connectivity index is 0.00000242. The van der Waals surface area contributed by atoms with Gasteiger partial charge in [0, 0.05) is 18.8 Å². The van der Waals surface area contributed by atoms with Crippen molar-refractivity contribution in [1.82, 2.24) is 4.90 Å². The smallest absolute Gasteiger partial charge is 0.193 e. The van der Waals surface area contributed by atoms with Gasteiger partial charge in [-0.15, -0.1) is 24.0 Å². The monoisotopic (exact) mass is 416 g/mol. The number of hydrogen-bond acceptors (Lipinski definition) is 2. The van der Waals surface area contributed by atoms with Crippen LogP contribution >= 0.6 is 24.0 Å². The van der Waals surface area contributed by atoms with Gasteiger partial charge in [-0.1, -0.05) is 13.0 Å². The molecule has 0 amide bonds. The number of hydrogen-bond donors (Lipinski definition) is 2. The van der Waals surface area contributed by atoms with Gasteiger partial charge in [0.25, 0.3) is 0 Å². The maximum atomic E-state index is 5.97. The average molecular weight is 416 g/mol. The van der Waals surface area contributed by atoms with Crippen LogP contribution in [0.2, 0.25) is 0 Å². The largest absolute Gasteiger partial charge is 0.370 e. The predicted octanol–water partition coefficient (Wildman–Crippen LogP) is 3.38. The van der Waals surface area contributed by atoms with Crippen molar-refractivity contribution >= 4 is 35.6 Å². The van der Waals surface area contributed by atoms with Gasteiger partial charge >= 0.3 is 0 Å². The second-order valence-corrected chi connectivity index (χ2v) is 6.32. The molecule has 22 heavy (non-hydrogen) atoms. The summed E-state index contributed by atoms with van der Waals surface area (Å²) >= 11 is 0. The molecule has 1 saturated heterocycles. The second kappa shape index (κ2) is 9.35. The van der Waals surface area contributed by atoms with Gasteiger partial charge in [0.05, 0.1) is 6.54 Å². The van der Waals surface area contributed by atoms with Crippen molar-refractivity contribution in [1.29, 1.82) is 0 Å². The highest BCUT2D eigenvalue weighted by Crippen LogP contribution is 2.15. The van der Waals surface area contributed by atoms with Gasteiger partial charge in [-0.2, -0.15) is 0 Å². The Morgan fingerprint density at radius 2 is 2.00 bits per heavy atom. The van der Waals surface area contributed by atoms with Gasteiger partial charge in [-0.25, -0.2) is 0 Å². The summed E-state index contributed by atoms with van der Waals surface area (Å²) in [5.41, 5.74) is 9.44. The van der Waals surface area contributed by atoms with Crippen LogP contribution in [0.15, 0.2) is 23.2 Å². The van der Waals surface area contributed by atoms with Crippen molar-refractivity contribution in [3.05, 3.63) is 29.3 Å². The second-order valence-electron chi connectivity index (χ2n) is 6.32. The zero-order chi connectivity index (χ0) is 15.2. The molecule has 2 rings (SSSR count). The molecule has 1 heterocycles. The molecule has 0 saturated carbocycles. The molecule has 4 nitrogen and oxygen atoms in total. The van der Waals surface area contributed by atoms with Crippen LogP contribution in [-0.2, 0) is 0 Å². The van der Waals surface area contributed by atoms with Crippen molar-refractivity contribution in [2.24, 2.45) is 16.6 Å². The van der Waals surface area contributed by atoms with Crippen LogP contribution in [-0.4, -0.2) is 37.0 Å². The summed E-state index contributed by atoms with van der Waals surface area (Å²) in [4.78, 5) is 6.93. The zero-order valence-electron chi connectivity index (χ0n) is 13.9. The Morgan fingerprint density at radius 3 is 2.64 bits per heavy atom. The van der Waals surface area contributed by atoms with E-state index in [1.807, 2.05) is 0 Å². The van der Waals surface area contributed by atoms with Crippen LogP contribution < -0.4 is 11.1 Å². The van der Waals surface area contributed by atoms with Crippen LogP contribution in [0.4, 0.5) is 5.69 Å². The topological polar surface area (TPSA) is 53.6 Å². The minimum absolute atomic E-state index is 0. The molecule has 1 aromatic carbocycles. The Labute approximate surface area is 151 Å². The number of nitrogens with one attached hydrogen (secondary N) is 1. The standard InChI is InChI=1S/C17H28N4.HI/c1-13-5-4-7-21(12-13)8-6-19-17(18)20-16-10-14(2)9-15(3)11-16;/h9-11,13H,4-8,12H2,1-3H3,(H3,18,19,20);1H. The summed E-state index contributed by atoms with van der Waals surface area (Å²) in [6.07, 6.45) is 2.66. The number of nitrogens with zero attached hydrogens (tertiary/aromatic N) is 2. The van der Waals surface area contributed by atoms with E-state index < -0.39 is 0 Å². The highest BCUT2D eigenvalue weighted by molar-refractivity contribution is 14.0. The predicted molar refractivity (Wildman–Crippen MR) is 106 cm³/mol. The van der Waals surface area contributed by atoms with Crippen molar-refractivity contribution in [2.75, 3.05) is 31.5 Å². The minimum atomic E-state index is 0. The molecular weight excluding hydrogens is 387 g/mol. The summed E-state index contributed by atoms with van der Waals surface area (Å²) in [5, 5.41) is 3.18. The number of nitrogens with two attached hydrogens (primary N) is 1. The first-order valence-corrected chi connectivity index (χ1v) is 7.90. The first-order valence-electron chi connectivity index (χ1n) is 7.90. The molecule has 0 aliphatic carbocycles. The number of guanidine groups is 1. The van der Waals surface area contributed by atoms with Gasteiger partial charge in [0.15, 0.2) is 5.96 Å². The van der Waals surface area contributed by atoms with Gasteiger partial charge in [0.2, 0.25) is 0 Å². The van der Waals surface area contributed by atoms with E-state index in [1.165, 1.54) is 37.1 Å². The third kappa shape index (κ3) is 6.52. The van der Waals surface area contributed by atoms with Gasteiger partial charge in [0.1, 0.15) is 0 Å². The number of halogens is 1. The van der Waals surface area contributed by atoms with Crippen LogP contribution in [0.3, 0.4) is 0 Å². The van der Waals surface area contributed by atoms with E-state index in [1.54, 1.807) is 0 Å². The van der Waals surface area contributed by atoms with Crippen LogP contribution in [0, 0.1) is 19.8 Å². The van der Waals surface area contributed by atoms with E-state index in [0.717, 1.165) is 24.7 Å². The molecule has 1 aliphatic rings. The maximum absolute atomic E-state index is 5.97. The van der Waals surface area contributed by atoms with Crippen LogP contribution in [0.5, 0.6) is 0 Å². The quantitative estimate of drug-likeness (QED) is 0.450. The molecule has 1 unspecified atom stereocenters. The van der Waals surface area contributed by atoms with Gasteiger partial charge in [-0.3, -0.25) is 4.99 Å². The third-order valence-electron chi connectivity index (χ3n) is 3.93. The number of aliphatic imine (C=N–C) groups is 1. The molecule has 1 fully saturated rings. The summed E-state index contributed by atoms with van der Waals surface area (Å²) < 4.78 is 0. The zero-order valence-corrected chi connectivity index (χ0v) is 16.3. The lowest BCUT2D eigenvalue weighted by atomic mass is 10.0. The van der Waals surface area contributed by atoms with Crippen molar-refractivity contribution in [2.45, 2.75) is 33.6 Å². The number of rotatable bonds is 4. The summed E-state index contributed by atoms with van der Waals surface area (Å²) in [6.45, 7) is 10.7. The van der Waals surface area contributed by atoms with E-state index in [2.05, 4.69) is 54.2 Å². The van der Waals surface area contributed by atoms with Gasteiger partial charge in [-0.05, 0) is 62.4 Å². The first-order chi connectivity index (χ1) is 10.0. The normalized spacial score (nSPS) is 19.6. The molecule has 0 bridgehead atoms. The molecule has 1 atom stereocenters. The summed E-state index contributed by atoms with van der Waals surface area (Å²) in [7, 11) is 0. The van der Waals surface area contributed by atoms with Crippen LogP contribution in [0.1, 0.15) is 30.9 Å². The first kappa shape index (κ1) is 19.2. The fourth-order valence-corrected chi connectivity index (χ4v) is 3.04. The van der Waals surface area contributed by atoms with Crippen molar-refractivity contribution in [3.63, 3.8) is 0 Å². The summed E-state index contributed by atoms with van der Waals surface area (Å²) in [6, 6.07) is 6.32. The molecule has 1 aliphatic heterocycles. The molecule has 5 heteroatoms. The fourth-order valence-electron chi connectivity index (χ4n) is 3.04. The lowest BCUT2D eigenvalue weighted by molar-refractivity contribution is 0.189. The number of anilines is 1. The number of likely N-dealkylation sites (tertiary alicyclic amines) is 1. The van der Waals surface area contributed by atoms with Gasteiger partial charge < -0.3 is 16.0 Å². The Bertz CT molecular complexity index is 481. The van der Waals surface area contributed by atoms with E-state index in [0.29, 0.717) is 5.96 Å². The van der Waals surface area contributed by atoms with Crippen molar-refractivity contribution < 1.29 is 0 Å². The average Bonchev–Trinajstić information content (AvgIpc) is 2.37. The summed E-state index contributed by atoms with van der Waals surface area (Å²) in [5.74, 6) is 1.32. The van der Waals surface area contributed by atoms with E-state index in [4.69, 9.17) is 5.73 Å². The molecule has 0 aromatic heterocycles. The maximum Gasteiger partial charge on any atom is 0.193 e. The lowest BCUT2D eigenvalue weighted by Crippen LogP contribution is -2.36. The number of piperidine rings is 1. The van der Waals surface area contributed by atoms with E-state index in [9.17, 15) is 0 Å². The van der Waals surface area contributed by atoms with E-state index >= 15 is 0 Å². The lowest BCUT2D eigenvalue weighted by Gasteiger charge is -2.30. The highest BCUT2D eigenvalue weighted by atomic mass is 127. The minimum Gasteiger partial charge on any atom is -0.370 e. The van der Waals surface area contributed by atoms with Crippen LogP contribution in [0.25, 0.3) is 0 Å². The van der Waals surface area contributed by atoms with Crippen molar-refractivity contribution in [3.8, 4) is 0 Å². The van der Waals surface area contributed by atoms with E-state index in [-0.39, 0.29) is 24.0 Å². The number of aryl methyl sites for hydroxylation is 2. The molecule has 1 aromatic rings. The Hall–Kier alpha value is -0.820. The molecular formula is C17H29IN4. The molecule has 3 N–H and O–H groups in total. The molecule has 0 radical (unpaired) electrons. The molecule has 124 valence electrons. The third-order valence-corrected chi connectivity index (χ3v) is 3.93. The Morgan fingerprint density at radius 1 is 1.32 bits per heavy atom. The Kier molecular flexibility index (Phi) is 8.17. The fraction of sp³-hybridized carbons (Fsp3) is 0.588. The highest BCUT2D eigenvalue weighted by Gasteiger charge is 2.15. The molecule has 0 spiro atoms.